The summed E-state index contributed by atoms with van der Waals surface area (Å²) in [7, 11) is 0. The molecule has 0 saturated carbocycles. The molecule has 2 aromatic carbocycles. The molecule has 14 nitrogen and oxygen atoms in total. The van der Waals surface area contributed by atoms with Crippen LogP contribution >= 0.6 is 0 Å². The third kappa shape index (κ3) is 11.9. The summed E-state index contributed by atoms with van der Waals surface area (Å²) in [6.07, 6.45) is -6.81. The summed E-state index contributed by atoms with van der Waals surface area (Å²) in [4.78, 5) is 2.80. The maximum absolute atomic E-state index is 12.0. The number of rotatable bonds is 20. The summed E-state index contributed by atoms with van der Waals surface area (Å²) in [5.41, 5.74) is 10.6. The van der Waals surface area contributed by atoms with Crippen LogP contribution in [-0.2, 0) is 51.1 Å². The van der Waals surface area contributed by atoms with Crippen molar-refractivity contribution in [3.8, 4) is 0 Å². The minimum atomic E-state index is -1.31. The highest BCUT2D eigenvalue weighted by Crippen LogP contribution is 2.38. The van der Waals surface area contributed by atoms with E-state index in [0.29, 0.717) is 32.8 Å². The second kappa shape index (κ2) is 22.5. The van der Waals surface area contributed by atoms with E-state index in [1.165, 1.54) is 0 Å². The molecule has 15 atom stereocenters. The van der Waals surface area contributed by atoms with Gasteiger partial charge in [-0.15, -0.1) is 0 Å². The Labute approximate surface area is 331 Å². The van der Waals surface area contributed by atoms with Gasteiger partial charge >= 0.3 is 0 Å². The van der Waals surface area contributed by atoms with Crippen LogP contribution in [0.5, 0.6) is 0 Å². The Kier molecular flexibility index (Phi) is 17.8. The van der Waals surface area contributed by atoms with Crippen molar-refractivity contribution in [1.82, 2.24) is 0 Å². The van der Waals surface area contributed by atoms with Gasteiger partial charge in [-0.25, -0.2) is 0 Å². The zero-order valence-corrected chi connectivity index (χ0v) is 33.5. The van der Waals surface area contributed by atoms with Crippen molar-refractivity contribution in [1.29, 1.82) is 0 Å². The number of aliphatic hydroxyl groups excluding tert-OH is 3. The van der Waals surface area contributed by atoms with Gasteiger partial charge in [0.15, 0.2) is 18.9 Å². The number of azide groups is 1. The highest BCUT2D eigenvalue weighted by Gasteiger charge is 2.52. The van der Waals surface area contributed by atoms with E-state index >= 15 is 0 Å². The van der Waals surface area contributed by atoms with E-state index in [0.717, 1.165) is 30.4 Å². The summed E-state index contributed by atoms with van der Waals surface area (Å²) in [5.74, 6) is -0.776. The lowest BCUT2D eigenvalue weighted by molar-refractivity contribution is -0.368. The van der Waals surface area contributed by atoms with Crippen LogP contribution in [0.3, 0.4) is 0 Å². The molecule has 3 fully saturated rings. The summed E-state index contributed by atoms with van der Waals surface area (Å²) >= 11 is 0. The van der Waals surface area contributed by atoms with Gasteiger partial charge in [-0.2, -0.15) is 0 Å². The fourth-order valence-corrected chi connectivity index (χ4v) is 7.75. The third-order valence-corrected chi connectivity index (χ3v) is 11.6. The Morgan fingerprint density at radius 3 is 1.66 bits per heavy atom. The van der Waals surface area contributed by atoms with Crippen LogP contribution in [0.2, 0.25) is 0 Å². The van der Waals surface area contributed by atoms with Gasteiger partial charge in [0, 0.05) is 29.9 Å². The average Bonchev–Trinajstić information content (AvgIpc) is 3.21. The lowest BCUT2D eigenvalue weighted by atomic mass is 9.82. The Bertz CT molecular complexity index is 1450. The molecule has 3 aliphatic heterocycles. The normalized spacial score (nSPS) is 36.2. The first-order chi connectivity index (χ1) is 27.1. The first-order valence-corrected chi connectivity index (χ1v) is 20.3. The largest absolute Gasteiger partial charge is 0.388 e. The van der Waals surface area contributed by atoms with E-state index in [2.05, 4.69) is 16.9 Å². The van der Waals surface area contributed by atoms with Crippen molar-refractivity contribution in [2.24, 2.45) is 28.8 Å². The molecule has 0 radical (unpaired) electrons. The zero-order chi connectivity index (χ0) is 40.0. The first kappa shape index (κ1) is 44.4. The summed E-state index contributed by atoms with van der Waals surface area (Å²) in [6.45, 7) is 11.7. The van der Waals surface area contributed by atoms with Gasteiger partial charge in [-0.3, -0.25) is 0 Å². The van der Waals surface area contributed by atoms with Gasteiger partial charge in [0.2, 0.25) is 0 Å². The molecule has 0 aliphatic carbocycles. The van der Waals surface area contributed by atoms with Gasteiger partial charge in [-0.05, 0) is 47.8 Å². The molecule has 0 bridgehead atoms. The molecule has 56 heavy (non-hydrogen) atoms. The fourth-order valence-electron chi connectivity index (χ4n) is 7.75. The van der Waals surface area contributed by atoms with E-state index in [9.17, 15) is 15.3 Å². The van der Waals surface area contributed by atoms with E-state index in [4.69, 9.17) is 43.4 Å². The third-order valence-electron chi connectivity index (χ3n) is 11.6. The zero-order valence-electron chi connectivity index (χ0n) is 33.5. The number of unbranched alkanes of at least 4 members (excludes halogenated alkanes) is 2. The van der Waals surface area contributed by atoms with Gasteiger partial charge in [0.05, 0.1) is 56.9 Å². The number of hydrogen-bond acceptors (Lipinski definition) is 12. The van der Waals surface area contributed by atoms with Gasteiger partial charge in [0.25, 0.3) is 0 Å². The molecule has 6 unspecified atom stereocenters. The Balaban J connectivity index is 1.33. The molecule has 312 valence electrons. The van der Waals surface area contributed by atoms with Crippen LogP contribution in [0.1, 0.15) is 71.4 Å². The molecule has 3 heterocycles. The summed E-state index contributed by atoms with van der Waals surface area (Å²) in [6, 6.07) is 19.6. The maximum atomic E-state index is 12.0. The highest BCUT2D eigenvalue weighted by molar-refractivity contribution is 5.14. The molecule has 14 heteroatoms. The second-order valence-corrected chi connectivity index (χ2v) is 15.5. The molecular formula is C42H63N3O11. The van der Waals surface area contributed by atoms with Crippen LogP contribution in [0, 0.1) is 23.7 Å². The Morgan fingerprint density at radius 1 is 0.625 bits per heavy atom. The minimum absolute atomic E-state index is 0.0923. The second-order valence-electron chi connectivity index (χ2n) is 15.5. The fraction of sp³-hybridized carbons (Fsp3) is 0.714. The predicted molar refractivity (Wildman–Crippen MR) is 207 cm³/mol. The van der Waals surface area contributed by atoms with Crippen molar-refractivity contribution >= 4 is 0 Å². The van der Waals surface area contributed by atoms with Crippen LogP contribution in [0.25, 0.3) is 10.4 Å². The number of ether oxygens (including phenoxy) is 8. The standard InChI is InChI=1S/C42H63N3O11/c1-6-32-26(2)27(3)35(46)41(52-32)55-39-29(5)34(25-50-23-31-18-12-8-13-19-31)54-42(37(39)48)56-38-28(4)33(24-49-22-30-16-10-7-11-17-30)53-40(36(38)47)51-21-15-9-14-20-44-45-43/h7-8,10-13,16-19,26-29,32-42,46-48H,6,9,14-15,20-25H2,1-5H3/t26-,27-,28+,29+,32?,33?,34?,35?,36?,37?,38-,39-,40-,41+,42+/m0/s1. The summed E-state index contributed by atoms with van der Waals surface area (Å²) < 4.78 is 50.6. The van der Waals surface area contributed by atoms with Crippen molar-refractivity contribution in [3.63, 3.8) is 0 Å². The van der Waals surface area contributed by atoms with Gasteiger partial charge in [-0.1, -0.05) is 107 Å². The molecule has 3 N–H and O–H groups in total. The van der Waals surface area contributed by atoms with E-state index < -0.39 is 73.4 Å². The van der Waals surface area contributed by atoms with Crippen LogP contribution < -0.4 is 0 Å². The van der Waals surface area contributed by atoms with Crippen molar-refractivity contribution in [2.75, 3.05) is 26.4 Å². The smallest absolute Gasteiger partial charge is 0.186 e. The molecule has 3 aliphatic rings. The van der Waals surface area contributed by atoms with Crippen molar-refractivity contribution in [3.05, 3.63) is 82.2 Å². The van der Waals surface area contributed by atoms with Gasteiger partial charge in [0.1, 0.15) is 18.3 Å². The summed E-state index contributed by atoms with van der Waals surface area (Å²) in [5, 5.41) is 38.6. The highest BCUT2D eigenvalue weighted by atomic mass is 16.7. The van der Waals surface area contributed by atoms with Gasteiger partial charge < -0.3 is 53.2 Å². The Morgan fingerprint density at radius 2 is 1.12 bits per heavy atom. The minimum Gasteiger partial charge on any atom is -0.388 e. The van der Waals surface area contributed by atoms with Crippen molar-refractivity contribution < 1.29 is 53.2 Å². The van der Waals surface area contributed by atoms with E-state index in [-0.39, 0.29) is 31.2 Å². The topological polar surface area (TPSA) is 183 Å². The van der Waals surface area contributed by atoms with E-state index in [1.807, 2.05) is 88.4 Å². The molecule has 2 aromatic rings. The monoisotopic (exact) mass is 785 g/mol. The van der Waals surface area contributed by atoms with Crippen LogP contribution in [0.15, 0.2) is 65.8 Å². The quantitative estimate of drug-likeness (QED) is 0.0629. The first-order valence-electron chi connectivity index (χ1n) is 20.3. The number of hydrogen-bond donors (Lipinski definition) is 3. The SMILES string of the molecule is CCC1O[C@H](O[C@@H]2C(O)[C@@H](O[C@@H]3C(O)[C@@H](OCCCCCN=[N+]=[N-])OC(COCc4ccccc4)[C@H]3C)OC(COCc3ccccc3)[C@H]2C)C(O)[C@@H](C)[C@@H]1C. The molecule has 0 amide bonds. The Hall–Kier alpha value is -2.69. The average molecular weight is 786 g/mol. The van der Waals surface area contributed by atoms with Crippen LogP contribution in [-0.4, -0.2) is 109 Å². The molecule has 5 rings (SSSR count). The molecule has 3 saturated heterocycles. The molecule has 0 spiro atoms. The maximum Gasteiger partial charge on any atom is 0.186 e. The van der Waals surface area contributed by atoms with Crippen LogP contribution in [0.4, 0.5) is 0 Å². The molecule has 0 aromatic heterocycles. The predicted octanol–water partition coefficient (Wildman–Crippen LogP) is 5.90. The lowest BCUT2D eigenvalue weighted by Crippen LogP contribution is -2.63. The van der Waals surface area contributed by atoms with E-state index in [1.54, 1.807) is 0 Å². The lowest BCUT2D eigenvalue weighted by Gasteiger charge is -2.49. The van der Waals surface area contributed by atoms with Crippen molar-refractivity contribution in [2.45, 2.75) is 141 Å². The number of benzene rings is 2. The molecular weight excluding hydrogens is 722 g/mol. The number of aliphatic hydroxyl groups is 3. The number of nitrogens with zero attached hydrogens (tertiary/aromatic N) is 3.